The first kappa shape index (κ1) is 14.3. The van der Waals surface area contributed by atoms with Gasteiger partial charge in [-0.05, 0) is 32.0 Å². The molecule has 0 saturated heterocycles. The van der Waals surface area contributed by atoms with E-state index in [9.17, 15) is 4.79 Å². The molecule has 0 atom stereocenters. The lowest BCUT2D eigenvalue weighted by molar-refractivity contribution is 0.0967. The molecule has 0 radical (unpaired) electrons. The van der Waals surface area contributed by atoms with E-state index in [0.29, 0.717) is 16.5 Å². The summed E-state index contributed by atoms with van der Waals surface area (Å²) in [6.07, 6.45) is 0. The van der Waals surface area contributed by atoms with E-state index in [4.69, 9.17) is 4.42 Å². The maximum Gasteiger partial charge on any atom is 0.295 e. The Balaban J connectivity index is 2.03. The highest BCUT2D eigenvalue weighted by Crippen LogP contribution is 2.30. The van der Waals surface area contributed by atoms with Gasteiger partial charge in [0.1, 0.15) is 5.58 Å². The van der Waals surface area contributed by atoms with Crippen LogP contribution in [0.25, 0.3) is 11.0 Å². The molecular weight excluding hydrogens is 352 g/mol. The van der Waals surface area contributed by atoms with Crippen molar-refractivity contribution >= 4 is 49.3 Å². The van der Waals surface area contributed by atoms with Crippen LogP contribution < -0.4 is 4.90 Å². The van der Waals surface area contributed by atoms with E-state index in [1.807, 2.05) is 37.4 Å². The van der Waals surface area contributed by atoms with Crippen LogP contribution in [0.3, 0.4) is 0 Å². The van der Waals surface area contributed by atoms with Crippen molar-refractivity contribution < 1.29 is 9.21 Å². The number of benzene rings is 1. The van der Waals surface area contributed by atoms with E-state index in [2.05, 4.69) is 20.9 Å². The van der Waals surface area contributed by atoms with Crippen LogP contribution in [0, 0.1) is 13.8 Å². The predicted molar refractivity (Wildman–Crippen MR) is 88.2 cm³/mol. The van der Waals surface area contributed by atoms with Gasteiger partial charge in [-0.15, -0.1) is 11.3 Å². The van der Waals surface area contributed by atoms with Crippen LogP contribution in [-0.4, -0.2) is 17.9 Å². The molecule has 1 aromatic carbocycles. The Morgan fingerprint density at radius 1 is 1.38 bits per heavy atom. The van der Waals surface area contributed by atoms with E-state index in [1.165, 1.54) is 16.2 Å². The summed E-state index contributed by atoms with van der Waals surface area (Å²) in [5, 5.41) is 3.52. The van der Waals surface area contributed by atoms with Crippen molar-refractivity contribution in [3.63, 3.8) is 0 Å². The first-order valence-electron chi connectivity index (χ1n) is 6.36. The van der Waals surface area contributed by atoms with E-state index in [1.54, 1.807) is 7.05 Å². The number of nitrogens with zero attached hydrogens (tertiary/aromatic N) is 2. The molecule has 2 aromatic heterocycles. The lowest BCUT2D eigenvalue weighted by Crippen LogP contribution is -2.26. The zero-order valence-electron chi connectivity index (χ0n) is 11.8. The molecule has 0 aliphatic heterocycles. The minimum atomic E-state index is -0.186. The first-order valence-corrected chi connectivity index (χ1v) is 8.03. The topological polar surface area (TPSA) is 46.3 Å². The third-order valence-corrected chi connectivity index (χ3v) is 4.82. The molecule has 2 heterocycles. The average molecular weight is 365 g/mol. The Kier molecular flexibility index (Phi) is 3.59. The minimum absolute atomic E-state index is 0.186. The molecule has 6 heteroatoms. The molecule has 1 amide bonds. The van der Waals surface area contributed by atoms with Crippen molar-refractivity contribution in [2.45, 2.75) is 13.8 Å². The monoisotopic (exact) mass is 364 g/mol. The molecule has 0 saturated carbocycles. The molecular formula is C15H13BrN2O2S. The van der Waals surface area contributed by atoms with Crippen molar-refractivity contribution in [3.8, 4) is 0 Å². The van der Waals surface area contributed by atoms with E-state index in [0.717, 1.165) is 21.1 Å². The standard InChI is InChI=1S/C15H13BrN2O2S/c1-8-7-21-15(17-8)18(3)14(19)13-9(2)11-6-10(16)4-5-12(11)20-13/h4-7H,1-3H3. The quantitative estimate of drug-likeness (QED) is 0.670. The van der Waals surface area contributed by atoms with Crippen LogP contribution in [0.5, 0.6) is 0 Å². The molecule has 3 rings (SSSR count). The Hall–Kier alpha value is -1.66. The van der Waals surface area contributed by atoms with Gasteiger partial charge in [0, 0.05) is 27.9 Å². The molecule has 0 spiro atoms. The van der Waals surface area contributed by atoms with Crippen LogP contribution in [0.4, 0.5) is 5.13 Å². The highest BCUT2D eigenvalue weighted by atomic mass is 79.9. The van der Waals surface area contributed by atoms with E-state index < -0.39 is 0 Å². The van der Waals surface area contributed by atoms with Gasteiger partial charge in [0.15, 0.2) is 10.9 Å². The summed E-state index contributed by atoms with van der Waals surface area (Å²) in [6.45, 7) is 3.80. The summed E-state index contributed by atoms with van der Waals surface area (Å²) in [7, 11) is 1.71. The van der Waals surface area contributed by atoms with Crippen molar-refractivity contribution in [3.05, 3.63) is 45.1 Å². The number of anilines is 1. The smallest absolute Gasteiger partial charge is 0.295 e. The molecule has 0 N–H and O–H groups in total. The van der Waals surface area contributed by atoms with Gasteiger partial charge >= 0.3 is 0 Å². The summed E-state index contributed by atoms with van der Waals surface area (Å²) in [6, 6.07) is 5.71. The number of hydrogen-bond acceptors (Lipinski definition) is 4. The molecule has 3 aromatic rings. The summed E-state index contributed by atoms with van der Waals surface area (Å²) in [4.78, 5) is 18.5. The highest BCUT2D eigenvalue weighted by molar-refractivity contribution is 9.10. The second-order valence-corrected chi connectivity index (χ2v) is 6.58. The lowest BCUT2D eigenvalue weighted by atomic mass is 10.1. The number of halogens is 1. The molecule has 21 heavy (non-hydrogen) atoms. The molecule has 0 aliphatic carbocycles. The van der Waals surface area contributed by atoms with Crippen LogP contribution >= 0.6 is 27.3 Å². The fourth-order valence-electron chi connectivity index (χ4n) is 2.13. The SMILES string of the molecule is Cc1csc(N(C)C(=O)c2oc3ccc(Br)cc3c2C)n1. The van der Waals surface area contributed by atoms with Gasteiger partial charge in [-0.3, -0.25) is 9.69 Å². The third-order valence-electron chi connectivity index (χ3n) is 3.29. The fraction of sp³-hybridized carbons (Fsp3) is 0.200. The van der Waals surface area contributed by atoms with Gasteiger partial charge < -0.3 is 4.42 Å². The highest BCUT2D eigenvalue weighted by Gasteiger charge is 2.23. The molecule has 4 nitrogen and oxygen atoms in total. The third kappa shape index (κ3) is 2.49. The maximum absolute atomic E-state index is 12.6. The number of aryl methyl sites for hydroxylation is 2. The fourth-order valence-corrected chi connectivity index (χ4v) is 3.26. The maximum atomic E-state index is 12.6. The second-order valence-electron chi connectivity index (χ2n) is 4.83. The number of hydrogen-bond donors (Lipinski definition) is 0. The van der Waals surface area contributed by atoms with Gasteiger partial charge in [0.2, 0.25) is 0 Å². The summed E-state index contributed by atoms with van der Waals surface area (Å²) in [5.41, 5.74) is 2.46. The van der Waals surface area contributed by atoms with Gasteiger partial charge in [0.05, 0.1) is 5.69 Å². The molecule has 0 aliphatic rings. The Bertz CT molecular complexity index is 837. The number of carbonyl (C=O) groups is 1. The Morgan fingerprint density at radius 2 is 2.14 bits per heavy atom. The molecule has 0 bridgehead atoms. The van der Waals surface area contributed by atoms with Crippen molar-refractivity contribution in [2.24, 2.45) is 0 Å². The normalized spacial score (nSPS) is 11.0. The number of amides is 1. The zero-order chi connectivity index (χ0) is 15.1. The average Bonchev–Trinajstić information content (AvgIpc) is 3.02. The van der Waals surface area contributed by atoms with E-state index >= 15 is 0 Å². The van der Waals surface area contributed by atoms with Crippen LogP contribution in [0.15, 0.2) is 32.5 Å². The van der Waals surface area contributed by atoms with Crippen molar-refractivity contribution in [1.82, 2.24) is 4.98 Å². The van der Waals surface area contributed by atoms with Gasteiger partial charge in [0.25, 0.3) is 5.91 Å². The van der Waals surface area contributed by atoms with Crippen LogP contribution in [0.2, 0.25) is 0 Å². The van der Waals surface area contributed by atoms with Gasteiger partial charge in [-0.1, -0.05) is 15.9 Å². The largest absolute Gasteiger partial charge is 0.451 e. The second kappa shape index (κ2) is 5.27. The number of carbonyl (C=O) groups excluding carboxylic acids is 1. The summed E-state index contributed by atoms with van der Waals surface area (Å²) < 4.78 is 6.69. The number of fused-ring (bicyclic) bond motifs is 1. The number of furan rings is 1. The summed E-state index contributed by atoms with van der Waals surface area (Å²) in [5.74, 6) is 0.174. The Morgan fingerprint density at radius 3 is 2.81 bits per heavy atom. The predicted octanol–water partition coefficient (Wildman–Crippen LogP) is 4.55. The van der Waals surface area contributed by atoms with E-state index in [-0.39, 0.29) is 5.91 Å². The Labute approximate surface area is 134 Å². The molecule has 0 unspecified atom stereocenters. The minimum Gasteiger partial charge on any atom is -0.451 e. The zero-order valence-corrected chi connectivity index (χ0v) is 14.2. The number of rotatable bonds is 2. The number of thiazole rings is 1. The lowest BCUT2D eigenvalue weighted by Gasteiger charge is -2.12. The van der Waals surface area contributed by atoms with Crippen molar-refractivity contribution in [1.29, 1.82) is 0 Å². The van der Waals surface area contributed by atoms with Crippen LogP contribution in [0.1, 0.15) is 21.8 Å². The molecule has 108 valence electrons. The van der Waals surface area contributed by atoms with Gasteiger partial charge in [-0.25, -0.2) is 4.98 Å². The van der Waals surface area contributed by atoms with Crippen LogP contribution in [-0.2, 0) is 0 Å². The van der Waals surface area contributed by atoms with Gasteiger partial charge in [-0.2, -0.15) is 0 Å². The number of aromatic nitrogens is 1. The van der Waals surface area contributed by atoms with Crippen molar-refractivity contribution in [2.75, 3.05) is 11.9 Å². The summed E-state index contributed by atoms with van der Waals surface area (Å²) >= 11 is 4.88. The molecule has 0 fully saturated rings. The first-order chi connectivity index (χ1) is 9.97.